The molecule has 0 aliphatic carbocycles. The molecule has 1 aromatic heterocycles. The summed E-state index contributed by atoms with van der Waals surface area (Å²) in [5, 5.41) is 9.53. The SMILES string of the molecule is CN(C)c1noc(C2CNC(=O)CN2)n1. The van der Waals surface area contributed by atoms with Gasteiger partial charge in [-0.25, -0.2) is 0 Å². The Balaban J connectivity index is 2.06. The molecule has 1 atom stereocenters. The highest BCUT2D eigenvalue weighted by Crippen LogP contribution is 2.14. The second-order valence-corrected chi connectivity index (χ2v) is 3.56. The van der Waals surface area contributed by atoms with Crippen molar-refractivity contribution in [3.63, 3.8) is 0 Å². The van der Waals surface area contributed by atoms with E-state index in [4.69, 9.17) is 4.52 Å². The van der Waals surface area contributed by atoms with Crippen LogP contribution in [0.2, 0.25) is 0 Å². The number of piperazine rings is 1. The molecule has 7 nitrogen and oxygen atoms in total. The lowest BCUT2D eigenvalue weighted by atomic mass is 10.2. The van der Waals surface area contributed by atoms with Crippen molar-refractivity contribution in [1.82, 2.24) is 20.8 Å². The van der Waals surface area contributed by atoms with Crippen molar-refractivity contribution in [3.05, 3.63) is 5.89 Å². The van der Waals surface area contributed by atoms with Gasteiger partial charge in [0.1, 0.15) is 6.04 Å². The van der Waals surface area contributed by atoms with Crippen LogP contribution in [0.15, 0.2) is 4.52 Å². The van der Waals surface area contributed by atoms with Crippen LogP contribution in [0.5, 0.6) is 0 Å². The molecule has 1 aliphatic rings. The first-order chi connectivity index (χ1) is 7.16. The van der Waals surface area contributed by atoms with E-state index < -0.39 is 0 Å². The number of carbonyl (C=O) groups is 1. The molecule has 0 aromatic carbocycles. The normalized spacial score (nSPS) is 21.2. The van der Waals surface area contributed by atoms with Crippen LogP contribution in [0.4, 0.5) is 5.95 Å². The second kappa shape index (κ2) is 3.85. The van der Waals surface area contributed by atoms with E-state index in [1.807, 2.05) is 14.1 Å². The van der Waals surface area contributed by atoms with E-state index in [1.54, 1.807) is 4.90 Å². The molecular weight excluding hydrogens is 198 g/mol. The molecule has 1 aliphatic heterocycles. The Hall–Kier alpha value is -1.63. The molecule has 0 radical (unpaired) electrons. The predicted molar refractivity (Wildman–Crippen MR) is 52.4 cm³/mol. The molecule has 2 rings (SSSR count). The van der Waals surface area contributed by atoms with Crippen molar-refractivity contribution in [3.8, 4) is 0 Å². The fraction of sp³-hybridized carbons (Fsp3) is 0.625. The number of hydrogen-bond acceptors (Lipinski definition) is 6. The Bertz CT molecular complexity index is 352. The Kier molecular flexibility index (Phi) is 2.55. The highest BCUT2D eigenvalue weighted by molar-refractivity contribution is 5.78. The molecule has 0 spiro atoms. The number of nitrogens with one attached hydrogen (secondary N) is 2. The third-order valence-electron chi connectivity index (χ3n) is 2.14. The predicted octanol–water partition coefficient (Wildman–Crippen LogP) is -1.10. The van der Waals surface area contributed by atoms with Crippen LogP contribution in [0.1, 0.15) is 11.9 Å². The average Bonchev–Trinajstić information content (AvgIpc) is 2.68. The Labute approximate surface area is 86.8 Å². The third-order valence-corrected chi connectivity index (χ3v) is 2.14. The maximum atomic E-state index is 10.9. The minimum atomic E-state index is -0.0936. The highest BCUT2D eigenvalue weighted by atomic mass is 16.5. The number of anilines is 1. The van der Waals surface area contributed by atoms with Gasteiger partial charge in [-0.05, 0) is 5.16 Å². The molecule has 15 heavy (non-hydrogen) atoms. The van der Waals surface area contributed by atoms with Gasteiger partial charge >= 0.3 is 0 Å². The summed E-state index contributed by atoms with van der Waals surface area (Å²) in [6, 6.07) is -0.0936. The van der Waals surface area contributed by atoms with E-state index >= 15 is 0 Å². The molecule has 0 bridgehead atoms. The number of aromatic nitrogens is 2. The van der Waals surface area contributed by atoms with Crippen molar-refractivity contribution >= 4 is 11.9 Å². The molecule has 1 saturated heterocycles. The van der Waals surface area contributed by atoms with Crippen LogP contribution in [0.25, 0.3) is 0 Å². The third kappa shape index (κ3) is 2.07. The van der Waals surface area contributed by atoms with Gasteiger partial charge < -0.3 is 14.7 Å². The summed E-state index contributed by atoms with van der Waals surface area (Å²) in [5.41, 5.74) is 0. The zero-order chi connectivity index (χ0) is 10.8. The first-order valence-electron chi connectivity index (χ1n) is 4.68. The summed E-state index contributed by atoms with van der Waals surface area (Å²) in [6.45, 7) is 0.762. The van der Waals surface area contributed by atoms with Gasteiger partial charge in [0.25, 0.3) is 5.95 Å². The summed E-state index contributed by atoms with van der Waals surface area (Å²) in [5.74, 6) is 1.01. The highest BCUT2D eigenvalue weighted by Gasteiger charge is 2.24. The van der Waals surface area contributed by atoms with E-state index in [0.717, 1.165) is 0 Å². The lowest BCUT2D eigenvalue weighted by Gasteiger charge is -2.20. The molecule has 1 amide bonds. The summed E-state index contributed by atoms with van der Waals surface area (Å²) in [6.07, 6.45) is 0. The smallest absolute Gasteiger partial charge is 0.265 e. The van der Waals surface area contributed by atoms with Crippen LogP contribution >= 0.6 is 0 Å². The van der Waals surface area contributed by atoms with Gasteiger partial charge in [-0.2, -0.15) is 4.98 Å². The molecule has 1 fully saturated rings. The minimum Gasteiger partial charge on any atom is -0.353 e. The van der Waals surface area contributed by atoms with Crippen molar-refractivity contribution in [1.29, 1.82) is 0 Å². The van der Waals surface area contributed by atoms with Gasteiger partial charge in [0.05, 0.1) is 6.54 Å². The van der Waals surface area contributed by atoms with E-state index in [9.17, 15) is 4.79 Å². The standard InChI is InChI=1S/C8H13N5O2/c1-13(2)8-11-7(15-12-8)5-3-10-6(14)4-9-5/h5,9H,3-4H2,1-2H3,(H,10,14). The molecule has 1 aromatic rings. The van der Waals surface area contributed by atoms with Gasteiger partial charge in [-0.1, -0.05) is 0 Å². The first kappa shape index (κ1) is 9.91. The van der Waals surface area contributed by atoms with Crippen molar-refractivity contribution < 1.29 is 9.32 Å². The second-order valence-electron chi connectivity index (χ2n) is 3.56. The molecule has 2 heterocycles. The number of hydrogen-bond donors (Lipinski definition) is 2. The molecule has 82 valence electrons. The van der Waals surface area contributed by atoms with Crippen LogP contribution in [0, 0.1) is 0 Å². The number of amides is 1. The molecule has 7 heteroatoms. The van der Waals surface area contributed by atoms with Gasteiger partial charge in [-0.15, -0.1) is 0 Å². The fourth-order valence-electron chi connectivity index (χ4n) is 1.29. The van der Waals surface area contributed by atoms with E-state index in [1.165, 1.54) is 0 Å². The fourth-order valence-corrected chi connectivity index (χ4v) is 1.29. The number of carbonyl (C=O) groups excluding carboxylic acids is 1. The maximum absolute atomic E-state index is 10.9. The van der Waals surface area contributed by atoms with Gasteiger partial charge in [0, 0.05) is 20.6 Å². The van der Waals surface area contributed by atoms with Crippen LogP contribution < -0.4 is 15.5 Å². The first-order valence-corrected chi connectivity index (χ1v) is 4.68. The van der Waals surface area contributed by atoms with Crippen molar-refractivity contribution in [2.24, 2.45) is 0 Å². The van der Waals surface area contributed by atoms with Gasteiger partial charge in [0.15, 0.2) is 0 Å². The Morgan fingerprint density at radius 2 is 2.33 bits per heavy atom. The topological polar surface area (TPSA) is 83.3 Å². The van der Waals surface area contributed by atoms with Crippen molar-refractivity contribution in [2.45, 2.75) is 6.04 Å². The maximum Gasteiger partial charge on any atom is 0.265 e. The molecule has 0 saturated carbocycles. The van der Waals surface area contributed by atoms with Crippen LogP contribution in [0.3, 0.4) is 0 Å². The Morgan fingerprint density at radius 3 is 2.87 bits per heavy atom. The summed E-state index contributed by atoms with van der Waals surface area (Å²) in [7, 11) is 3.68. The summed E-state index contributed by atoms with van der Waals surface area (Å²) < 4.78 is 5.08. The summed E-state index contributed by atoms with van der Waals surface area (Å²) in [4.78, 5) is 16.9. The zero-order valence-electron chi connectivity index (χ0n) is 8.65. The molecule has 1 unspecified atom stereocenters. The van der Waals surface area contributed by atoms with E-state index in [0.29, 0.717) is 18.4 Å². The largest absolute Gasteiger partial charge is 0.353 e. The Morgan fingerprint density at radius 1 is 1.53 bits per heavy atom. The van der Waals surface area contributed by atoms with E-state index in [2.05, 4.69) is 20.8 Å². The minimum absolute atomic E-state index is 0.0152. The molecular formula is C8H13N5O2. The summed E-state index contributed by atoms with van der Waals surface area (Å²) >= 11 is 0. The van der Waals surface area contributed by atoms with Crippen LogP contribution in [-0.4, -0.2) is 43.2 Å². The number of nitrogens with zero attached hydrogens (tertiary/aromatic N) is 3. The molecule has 2 N–H and O–H groups in total. The monoisotopic (exact) mass is 211 g/mol. The zero-order valence-corrected chi connectivity index (χ0v) is 8.65. The quantitative estimate of drug-likeness (QED) is 0.646. The van der Waals surface area contributed by atoms with Gasteiger partial charge in [-0.3, -0.25) is 10.1 Å². The lowest BCUT2D eigenvalue weighted by Crippen LogP contribution is -2.47. The van der Waals surface area contributed by atoms with Crippen molar-refractivity contribution in [2.75, 3.05) is 32.1 Å². The average molecular weight is 211 g/mol. The van der Waals surface area contributed by atoms with Crippen LogP contribution in [-0.2, 0) is 4.79 Å². The van der Waals surface area contributed by atoms with Gasteiger partial charge in [0.2, 0.25) is 11.8 Å². The number of rotatable bonds is 2. The lowest BCUT2D eigenvalue weighted by molar-refractivity contribution is -0.121. The van der Waals surface area contributed by atoms with E-state index in [-0.39, 0.29) is 18.5 Å².